The maximum atomic E-state index is 13.5. The monoisotopic (exact) mass is 330 g/mol. The summed E-state index contributed by atoms with van der Waals surface area (Å²) in [6.07, 6.45) is -1.30. The SMILES string of the molecule is OC(C1=C(C(F)(F)F)C=CCC1)(c1ccccc1)c1ccccc1. The number of alkyl halides is 3. The summed E-state index contributed by atoms with van der Waals surface area (Å²) in [5.41, 5.74) is -1.71. The smallest absolute Gasteiger partial charge is 0.376 e. The van der Waals surface area contributed by atoms with Gasteiger partial charge in [-0.1, -0.05) is 72.8 Å². The lowest BCUT2D eigenvalue weighted by molar-refractivity contribution is -0.0913. The van der Waals surface area contributed by atoms with Crippen LogP contribution in [0, 0.1) is 0 Å². The largest absolute Gasteiger partial charge is 0.416 e. The van der Waals surface area contributed by atoms with Gasteiger partial charge in [0.05, 0.1) is 5.57 Å². The molecule has 0 aromatic heterocycles. The van der Waals surface area contributed by atoms with Gasteiger partial charge in [0.1, 0.15) is 5.60 Å². The summed E-state index contributed by atoms with van der Waals surface area (Å²) in [6.45, 7) is 0. The summed E-state index contributed by atoms with van der Waals surface area (Å²) in [7, 11) is 0. The van der Waals surface area contributed by atoms with E-state index < -0.39 is 17.4 Å². The van der Waals surface area contributed by atoms with E-state index in [1.165, 1.54) is 6.08 Å². The molecule has 124 valence electrons. The molecule has 0 spiro atoms. The van der Waals surface area contributed by atoms with Crippen LogP contribution in [0.1, 0.15) is 24.0 Å². The van der Waals surface area contributed by atoms with Crippen molar-refractivity contribution in [3.63, 3.8) is 0 Å². The molecule has 0 bridgehead atoms. The van der Waals surface area contributed by atoms with E-state index in [4.69, 9.17) is 0 Å². The summed E-state index contributed by atoms with van der Waals surface area (Å²) < 4.78 is 40.6. The van der Waals surface area contributed by atoms with Gasteiger partial charge in [0, 0.05) is 0 Å². The minimum atomic E-state index is -4.51. The van der Waals surface area contributed by atoms with Crippen molar-refractivity contribution in [1.82, 2.24) is 0 Å². The van der Waals surface area contributed by atoms with Crippen molar-refractivity contribution in [3.8, 4) is 0 Å². The van der Waals surface area contributed by atoms with Crippen LogP contribution < -0.4 is 0 Å². The molecule has 1 nitrogen and oxygen atoms in total. The average molecular weight is 330 g/mol. The minimum absolute atomic E-state index is 0.00472. The Bertz CT molecular complexity index is 719. The molecule has 0 amide bonds. The van der Waals surface area contributed by atoms with Crippen LogP contribution in [-0.4, -0.2) is 11.3 Å². The first-order chi connectivity index (χ1) is 11.4. The number of benzene rings is 2. The van der Waals surface area contributed by atoms with E-state index in [1.54, 1.807) is 60.7 Å². The third kappa shape index (κ3) is 2.89. The van der Waals surface area contributed by atoms with Crippen LogP contribution in [0.5, 0.6) is 0 Å². The molecular formula is C20H17F3O. The Balaban J connectivity index is 2.30. The third-order valence-electron chi connectivity index (χ3n) is 4.30. The van der Waals surface area contributed by atoms with Gasteiger partial charge in [-0.3, -0.25) is 0 Å². The van der Waals surface area contributed by atoms with Gasteiger partial charge < -0.3 is 5.11 Å². The van der Waals surface area contributed by atoms with Crippen molar-refractivity contribution < 1.29 is 18.3 Å². The standard InChI is InChI=1S/C20H17F3O/c21-20(22,23)18-14-8-7-13-17(18)19(24,15-9-3-1-4-10-15)16-11-5-2-6-12-16/h1-6,8-12,14,24H,7,13H2. The lowest BCUT2D eigenvalue weighted by atomic mass is 9.75. The topological polar surface area (TPSA) is 20.2 Å². The quantitative estimate of drug-likeness (QED) is 0.827. The fraction of sp³-hybridized carbons (Fsp3) is 0.200. The van der Waals surface area contributed by atoms with E-state index in [0.29, 0.717) is 17.5 Å². The number of allylic oxidation sites excluding steroid dienone is 3. The Kier molecular flexibility index (Phi) is 4.33. The van der Waals surface area contributed by atoms with Crippen LogP contribution in [0.25, 0.3) is 0 Å². The zero-order valence-electron chi connectivity index (χ0n) is 12.9. The van der Waals surface area contributed by atoms with Gasteiger partial charge in [0.15, 0.2) is 0 Å². The molecular weight excluding hydrogens is 313 g/mol. The van der Waals surface area contributed by atoms with Crippen LogP contribution >= 0.6 is 0 Å². The lowest BCUT2D eigenvalue weighted by Gasteiger charge is -2.35. The van der Waals surface area contributed by atoms with Crippen molar-refractivity contribution >= 4 is 0 Å². The summed E-state index contributed by atoms with van der Waals surface area (Å²) in [4.78, 5) is 0. The maximum Gasteiger partial charge on any atom is 0.416 e. The predicted octanol–water partition coefficient (Wildman–Crippen LogP) is 5.13. The van der Waals surface area contributed by atoms with Crippen molar-refractivity contribution in [2.45, 2.75) is 24.6 Å². The molecule has 0 radical (unpaired) electrons. The molecule has 2 aromatic carbocycles. The van der Waals surface area contributed by atoms with Crippen molar-refractivity contribution in [1.29, 1.82) is 0 Å². The zero-order chi connectivity index (χ0) is 17.2. The molecule has 0 saturated carbocycles. The third-order valence-corrected chi connectivity index (χ3v) is 4.30. The second-order valence-corrected chi connectivity index (χ2v) is 5.77. The van der Waals surface area contributed by atoms with Crippen molar-refractivity contribution in [3.05, 3.63) is 95.1 Å². The molecule has 24 heavy (non-hydrogen) atoms. The molecule has 0 heterocycles. The second kappa shape index (κ2) is 6.29. The average Bonchev–Trinajstić information content (AvgIpc) is 2.62. The van der Waals surface area contributed by atoms with Crippen molar-refractivity contribution in [2.24, 2.45) is 0 Å². The van der Waals surface area contributed by atoms with Crippen molar-refractivity contribution in [2.75, 3.05) is 0 Å². The highest BCUT2D eigenvalue weighted by Crippen LogP contribution is 2.45. The van der Waals surface area contributed by atoms with Crippen LogP contribution in [0.4, 0.5) is 13.2 Å². The summed E-state index contributed by atoms with van der Waals surface area (Å²) >= 11 is 0. The fourth-order valence-electron chi connectivity index (χ4n) is 3.18. The fourth-order valence-corrected chi connectivity index (χ4v) is 3.18. The van der Waals surface area contributed by atoms with E-state index in [-0.39, 0.29) is 12.0 Å². The van der Waals surface area contributed by atoms with E-state index in [0.717, 1.165) is 6.08 Å². The number of hydrogen-bond donors (Lipinski definition) is 1. The highest BCUT2D eigenvalue weighted by atomic mass is 19.4. The Morgan fingerprint density at radius 2 is 1.29 bits per heavy atom. The summed E-state index contributed by atoms with van der Waals surface area (Å²) in [5, 5.41) is 11.5. The first kappa shape index (κ1) is 16.5. The van der Waals surface area contributed by atoms with Crippen LogP contribution in [0.2, 0.25) is 0 Å². The molecule has 0 aliphatic heterocycles. The van der Waals surface area contributed by atoms with Gasteiger partial charge in [-0.25, -0.2) is 0 Å². The maximum absolute atomic E-state index is 13.5. The first-order valence-corrected chi connectivity index (χ1v) is 7.75. The Hall–Kier alpha value is -2.33. The Morgan fingerprint density at radius 3 is 1.75 bits per heavy atom. The molecule has 0 saturated heterocycles. The first-order valence-electron chi connectivity index (χ1n) is 7.75. The molecule has 0 atom stereocenters. The lowest BCUT2D eigenvalue weighted by Crippen LogP contribution is -2.33. The zero-order valence-corrected chi connectivity index (χ0v) is 12.9. The Labute approximate surface area is 138 Å². The molecule has 0 fully saturated rings. The molecule has 0 unspecified atom stereocenters. The van der Waals surface area contributed by atoms with Gasteiger partial charge in [0.2, 0.25) is 0 Å². The van der Waals surface area contributed by atoms with E-state index in [9.17, 15) is 18.3 Å². The molecule has 4 heteroatoms. The van der Waals surface area contributed by atoms with Crippen LogP contribution in [0.3, 0.4) is 0 Å². The molecule has 1 aliphatic rings. The van der Waals surface area contributed by atoms with Gasteiger partial charge >= 0.3 is 6.18 Å². The highest BCUT2D eigenvalue weighted by Gasteiger charge is 2.44. The highest BCUT2D eigenvalue weighted by molar-refractivity contribution is 5.50. The number of rotatable bonds is 3. The van der Waals surface area contributed by atoms with Gasteiger partial charge in [-0.05, 0) is 29.5 Å². The molecule has 3 rings (SSSR count). The number of hydrogen-bond acceptors (Lipinski definition) is 1. The predicted molar refractivity (Wildman–Crippen MR) is 87.3 cm³/mol. The number of halogens is 3. The number of aliphatic hydroxyl groups is 1. The van der Waals surface area contributed by atoms with Gasteiger partial charge in [-0.2, -0.15) is 13.2 Å². The van der Waals surface area contributed by atoms with E-state index >= 15 is 0 Å². The minimum Gasteiger partial charge on any atom is -0.376 e. The van der Waals surface area contributed by atoms with Crippen LogP contribution in [-0.2, 0) is 5.60 Å². The van der Waals surface area contributed by atoms with E-state index in [2.05, 4.69) is 0 Å². The Morgan fingerprint density at radius 1 is 0.792 bits per heavy atom. The summed E-state index contributed by atoms with van der Waals surface area (Å²) in [5.74, 6) is 0. The molecule has 1 aliphatic carbocycles. The summed E-state index contributed by atoms with van der Waals surface area (Å²) in [6, 6.07) is 17.1. The molecule has 2 aromatic rings. The van der Waals surface area contributed by atoms with E-state index in [1.807, 2.05) is 0 Å². The van der Waals surface area contributed by atoms with Crippen LogP contribution in [0.15, 0.2) is 84.0 Å². The molecule has 1 N–H and O–H groups in total. The second-order valence-electron chi connectivity index (χ2n) is 5.77. The van der Waals surface area contributed by atoms with Gasteiger partial charge in [0.25, 0.3) is 0 Å². The normalized spacial score (nSPS) is 15.7. The van der Waals surface area contributed by atoms with Gasteiger partial charge in [-0.15, -0.1) is 0 Å².